The number of thiazole rings is 1. The maximum Gasteiger partial charge on any atom is 0.249 e. The van der Waals surface area contributed by atoms with Crippen molar-refractivity contribution in [1.29, 1.82) is 0 Å². The highest BCUT2D eigenvalue weighted by Crippen LogP contribution is 2.37. The number of aryl methyl sites for hydroxylation is 2. The number of rotatable bonds is 6. The molecule has 1 aliphatic heterocycles. The minimum absolute atomic E-state index is 0.167. The Hall–Kier alpha value is -2.65. The summed E-state index contributed by atoms with van der Waals surface area (Å²) in [4.78, 5) is 17.5. The van der Waals surface area contributed by atoms with Gasteiger partial charge in [0.05, 0.1) is 20.9 Å². The first-order valence-electron chi connectivity index (χ1n) is 9.67. The quantitative estimate of drug-likeness (QED) is 0.579. The van der Waals surface area contributed by atoms with Crippen LogP contribution >= 0.6 is 11.3 Å². The standard InChI is InChI=1S/C21H22N2O5S2/c1-3-9-23-16-11-17-18(28-13-27-17)12-19(16)29-21(23)22-20(24)8-10-30(25,26)15-6-4-14(2)5-7-15/h4-7,11-12H,3,8-10,13H2,1-2H3. The number of ether oxygens (including phenoxy) is 2. The molecule has 0 saturated carbocycles. The van der Waals surface area contributed by atoms with Gasteiger partial charge >= 0.3 is 0 Å². The first-order chi connectivity index (χ1) is 14.4. The fraction of sp³-hybridized carbons (Fsp3) is 0.333. The summed E-state index contributed by atoms with van der Waals surface area (Å²) in [5.74, 6) is 0.622. The molecule has 1 aromatic heterocycles. The third-order valence-corrected chi connectivity index (χ3v) is 7.58. The van der Waals surface area contributed by atoms with Crippen molar-refractivity contribution in [2.75, 3.05) is 12.5 Å². The van der Waals surface area contributed by atoms with E-state index in [1.807, 2.05) is 30.5 Å². The third kappa shape index (κ3) is 4.13. The van der Waals surface area contributed by atoms with Crippen LogP contribution in [0.4, 0.5) is 0 Å². The minimum atomic E-state index is -3.53. The molecule has 0 aliphatic carbocycles. The molecule has 0 saturated heterocycles. The Morgan fingerprint density at radius 3 is 2.57 bits per heavy atom. The lowest BCUT2D eigenvalue weighted by Gasteiger charge is -2.04. The van der Waals surface area contributed by atoms with Gasteiger partial charge in [-0.05, 0) is 25.5 Å². The van der Waals surface area contributed by atoms with Gasteiger partial charge < -0.3 is 14.0 Å². The summed E-state index contributed by atoms with van der Waals surface area (Å²) in [6, 6.07) is 10.4. The fourth-order valence-corrected chi connectivity index (χ4v) is 5.55. The molecule has 7 nitrogen and oxygen atoms in total. The monoisotopic (exact) mass is 446 g/mol. The highest BCUT2D eigenvalue weighted by molar-refractivity contribution is 7.91. The molecule has 158 valence electrons. The Kier molecular flexibility index (Phi) is 5.66. The summed E-state index contributed by atoms with van der Waals surface area (Å²) in [6.45, 7) is 4.82. The summed E-state index contributed by atoms with van der Waals surface area (Å²) < 4.78 is 38.8. The number of hydrogen-bond acceptors (Lipinski definition) is 6. The van der Waals surface area contributed by atoms with Gasteiger partial charge in [-0.25, -0.2) is 8.42 Å². The Morgan fingerprint density at radius 1 is 1.17 bits per heavy atom. The predicted octanol–water partition coefficient (Wildman–Crippen LogP) is 3.44. The molecule has 0 radical (unpaired) electrons. The number of nitrogens with zero attached hydrogens (tertiary/aromatic N) is 2. The van der Waals surface area contributed by atoms with Crippen molar-refractivity contribution < 1.29 is 22.7 Å². The van der Waals surface area contributed by atoms with Crippen LogP contribution in [0, 0.1) is 6.92 Å². The van der Waals surface area contributed by atoms with E-state index in [1.54, 1.807) is 24.3 Å². The Bertz CT molecular complexity index is 1270. The molecule has 1 amide bonds. The van der Waals surface area contributed by atoms with E-state index < -0.39 is 15.7 Å². The topological polar surface area (TPSA) is 87.0 Å². The fourth-order valence-electron chi connectivity index (χ4n) is 3.23. The molecule has 0 N–H and O–H groups in total. The van der Waals surface area contributed by atoms with E-state index >= 15 is 0 Å². The van der Waals surface area contributed by atoms with Gasteiger partial charge in [0, 0.05) is 25.1 Å². The SMILES string of the molecule is CCCn1c(=NC(=O)CCS(=O)(=O)c2ccc(C)cc2)sc2cc3c(cc21)OCO3. The van der Waals surface area contributed by atoms with E-state index in [4.69, 9.17) is 9.47 Å². The van der Waals surface area contributed by atoms with E-state index in [9.17, 15) is 13.2 Å². The second-order valence-corrected chi connectivity index (χ2v) is 10.2. The van der Waals surface area contributed by atoms with Crippen molar-refractivity contribution in [3.8, 4) is 11.5 Å². The minimum Gasteiger partial charge on any atom is -0.454 e. The van der Waals surface area contributed by atoms with E-state index in [0.29, 0.717) is 22.8 Å². The molecule has 0 unspecified atom stereocenters. The van der Waals surface area contributed by atoms with Crippen molar-refractivity contribution in [3.05, 3.63) is 46.8 Å². The summed E-state index contributed by atoms with van der Waals surface area (Å²) in [5, 5.41) is 0. The Balaban J connectivity index is 1.60. The molecule has 2 heterocycles. The largest absolute Gasteiger partial charge is 0.454 e. The van der Waals surface area contributed by atoms with Crippen molar-refractivity contribution in [2.45, 2.75) is 38.1 Å². The van der Waals surface area contributed by atoms with E-state index in [1.165, 1.54) is 11.3 Å². The number of hydrogen-bond donors (Lipinski definition) is 0. The van der Waals surface area contributed by atoms with Crippen LogP contribution < -0.4 is 14.3 Å². The average molecular weight is 447 g/mol. The summed E-state index contributed by atoms with van der Waals surface area (Å²) >= 11 is 1.38. The smallest absolute Gasteiger partial charge is 0.249 e. The molecular weight excluding hydrogens is 424 g/mol. The van der Waals surface area contributed by atoms with Crippen molar-refractivity contribution >= 4 is 37.3 Å². The first-order valence-corrected chi connectivity index (χ1v) is 12.1. The first kappa shape index (κ1) is 20.6. The average Bonchev–Trinajstić information content (AvgIpc) is 3.29. The van der Waals surface area contributed by atoms with Crippen molar-refractivity contribution in [1.82, 2.24) is 4.57 Å². The van der Waals surface area contributed by atoms with Gasteiger partial charge in [0.1, 0.15) is 0 Å². The second kappa shape index (κ2) is 8.23. The van der Waals surface area contributed by atoms with Gasteiger partial charge in [0.2, 0.25) is 12.7 Å². The van der Waals surface area contributed by atoms with Crippen LogP contribution in [0.2, 0.25) is 0 Å². The molecule has 0 atom stereocenters. The zero-order valence-corrected chi connectivity index (χ0v) is 18.4. The van der Waals surface area contributed by atoms with Crippen LogP contribution in [0.1, 0.15) is 25.3 Å². The summed E-state index contributed by atoms with van der Waals surface area (Å²) in [5.41, 5.74) is 1.90. The number of amides is 1. The molecule has 0 bridgehead atoms. The van der Waals surface area contributed by atoms with Crippen molar-refractivity contribution in [3.63, 3.8) is 0 Å². The molecular formula is C21H22N2O5S2. The van der Waals surface area contributed by atoms with Crippen LogP contribution in [0.15, 0.2) is 46.3 Å². The Morgan fingerprint density at radius 2 is 1.87 bits per heavy atom. The number of fused-ring (bicyclic) bond motifs is 2. The predicted molar refractivity (Wildman–Crippen MR) is 115 cm³/mol. The number of aromatic nitrogens is 1. The molecule has 0 fully saturated rings. The van der Waals surface area contributed by atoms with Crippen LogP contribution in [0.3, 0.4) is 0 Å². The Labute approximate surface area is 178 Å². The van der Waals surface area contributed by atoms with E-state index in [-0.39, 0.29) is 23.9 Å². The number of carbonyl (C=O) groups excluding carboxylic acids is 1. The maximum atomic E-state index is 12.5. The van der Waals surface area contributed by atoms with Crippen LogP contribution in [0.5, 0.6) is 11.5 Å². The second-order valence-electron chi connectivity index (χ2n) is 7.10. The van der Waals surface area contributed by atoms with Gasteiger partial charge in [-0.1, -0.05) is 36.0 Å². The summed E-state index contributed by atoms with van der Waals surface area (Å²) in [7, 11) is -3.53. The molecule has 3 aromatic rings. The highest BCUT2D eigenvalue weighted by atomic mass is 32.2. The lowest BCUT2D eigenvalue weighted by Crippen LogP contribution is -2.18. The van der Waals surface area contributed by atoms with Gasteiger partial charge in [0.25, 0.3) is 0 Å². The van der Waals surface area contributed by atoms with Gasteiger partial charge in [-0.3, -0.25) is 4.79 Å². The molecule has 2 aromatic carbocycles. The summed E-state index contributed by atoms with van der Waals surface area (Å²) in [6.07, 6.45) is 0.697. The molecule has 0 spiro atoms. The van der Waals surface area contributed by atoms with Crippen LogP contribution in [-0.4, -0.2) is 31.4 Å². The zero-order chi connectivity index (χ0) is 21.3. The zero-order valence-electron chi connectivity index (χ0n) is 16.8. The number of sulfone groups is 1. The molecule has 1 aliphatic rings. The third-order valence-electron chi connectivity index (χ3n) is 4.81. The number of carbonyl (C=O) groups is 1. The van der Waals surface area contributed by atoms with Crippen LogP contribution in [0.25, 0.3) is 10.2 Å². The highest BCUT2D eigenvalue weighted by Gasteiger charge is 2.19. The van der Waals surface area contributed by atoms with E-state index in [2.05, 4.69) is 4.99 Å². The lowest BCUT2D eigenvalue weighted by molar-refractivity contribution is -0.117. The van der Waals surface area contributed by atoms with Crippen molar-refractivity contribution in [2.24, 2.45) is 4.99 Å². The van der Waals surface area contributed by atoms with E-state index in [0.717, 1.165) is 22.2 Å². The maximum absolute atomic E-state index is 12.5. The molecule has 4 rings (SSSR count). The van der Waals surface area contributed by atoms with Gasteiger partial charge in [0.15, 0.2) is 26.1 Å². The van der Waals surface area contributed by atoms with Gasteiger partial charge in [-0.15, -0.1) is 0 Å². The normalized spacial score (nSPS) is 13.9. The lowest BCUT2D eigenvalue weighted by atomic mass is 10.2. The molecule has 9 heteroatoms. The van der Waals surface area contributed by atoms with Crippen LogP contribution in [-0.2, 0) is 21.2 Å². The number of benzene rings is 2. The van der Waals surface area contributed by atoms with Gasteiger partial charge in [-0.2, -0.15) is 4.99 Å². The molecule has 30 heavy (non-hydrogen) atoms.